The first-order valence-corrected chi connectivity index (χ1v) is 10.7. The van der Waals surface area contributed by atoms with E-state index in [9.17, 15) is 13.2 Å². The molecule has 1 heterocycles. The van der Waals surface area contributed by atoms with E-state index in [0.29, 0.717) is 16.7 Å². The molecule has 0 atom stereocenters. The van der Waals surface area contributed by atoms with Gasteiger partial charge in [0.1, 0.15) is 12.1 Å². The van der Waals surface area contributed by atoms with Gasteiger partial charge in [0.15, 0.2) is 9.84 Å². The molecule has 0 aliphatic heterocycles. The van der Waals surface area contributed by atoms with Crippen molar-refractivity contribution in [1.82, 2.24) is 9.97 Å². The van der Waals surface area contributed by atoms with Gasteiger partial charge in [-0.15, -0.1) is 0 Å². The maximum Gasteiger partial charge on any atom is 0.243 e. The zero-order valence-electron chi connectivity index (χ0n) is 14.7. The molecule has 0 bridgehead atoms. The van der Waals surface area contributed by atoms with Gasteiger partial charge >= 0.3 is 0 Å². The number of benzene rings is 2. The van der Waals surface area contributed by atoms with Gasteiger partial charge in [0.05, 0.1) is 17.0 Å². The number of fused-ring (bicyclic) bond motifs is 1. The van der Waals surface area contributed by atoms with Crippen molar-refractivity contribution >= 4 is 54.1 Å². The van der Waals surface area contributed by atoms with Gasteiger partial charge in [0.25, 0.3) is 0 Å². The van der Waals surface area contributed by atoms with Crippen LogP contribution in [0.1, 0.15) is 5.56 Å². The van der Waals surface area contributed by atoms with Crippen molar-refractivity contribution in [3.8, 4) is 0 Å². The van der Waals surface area contributed by atoms with E-state index in [2.05, 4.69) is 36.5 Å². The van der Waals surface area contributed by atoms with E-state index in [4.69, 9.17) is 0 Å². The van der Waals surface area contributed by atoms with Crippen LogP contribution < -0.4 is 10.6 Å². The van der Waals surface area contributed by atoms with Crippen molar-refractivity contribution in [3.63, 3.8) is 0 Å². The number of carbonyl (C=O) groups excluding carboxylic acids is 1. The fourth-order valence-electron chi connectivity index (χ4n) is 2.53. The summed E-state index contributed by atoms with van der Waals surface area (Å²) >= 11 is 3.38. The van der Waals surface area contributed by atoms with E-state index in [0.717, 1.165) is 22.0 Å². The topological polar surface area (TPSA) is 101 Å². The third-order valence-electron chi connectivity index (χ3n) is 3.91. The zero-order valence-corrected chi connectivity index (χ0v) is 17.1. The Morgan fingerprint density at radius 1 is 1.15 bits per heavy atom. The van der Waals surface area contributed by atoms with Crippen molar-refractivity contribution in [2.45, 2.75) is 11.8 Å². The van der Waals surface area contributed by atoms with Crippen LogP contribution in [0, 0.1) is 6.92 Å². The Hall–Kier alpha value is -2.52. The van der Waals surface area contributed by atoms with E-state index in [-0.39, 0.29) is 17.3 Å². The number of aromatic nitrogens is 2. The van der Waals surface area contributed by atoms with Gasteiger partial charge < -0.3 is 10.6 Å². The maximum atomic E-state index is 12.3. The molecule has 0 aliphatic rings. The molecule has 1 aromatic heterocycles. The first kappa shape index (κ1) is 19.2. The minimum atomic E-state index is -3.36. The quantitative estimate of drug-likeness (QED) is 0.621. The number of hydrogen-bond donors (Lipinski definition) is 2. The molecule has 0 aliphatic carbocycles. The lowest BCUT2D eigenvalue weighted by Gasteiger charge is -2.11. The molecule has 1 amide bonds. The largest absolute Gasteiger partial charge is 0.360 e. The summed E-state index contributed by atoms with van der Waals surface area (Å²) < 4.78 is 24.5. The number of anilines is 2. The lowest BCUT2D eigenvalue weighted by atomic mass is 10.2. The number of aryl methyl sites for hydroxylation is 1. The molecule has 0 spiro atoms. The molecule has 0 saturated carbocycles. The fraction of sp³-hybridized carbons (Fsp3) is 0.167. The molecular weight excluding hydrogens is 432 g/mol. The highest BCUT2D eigenvalue weighted by molar-refractivity contribution is 9.10. The van der Waals surface area contributed by atoms with E-state index >= 15 is 0 Å². The van der Waals surface area contributed by atoms with Crippen LogP contribution in [0.5, 0.6) is 0 Å². The molecule has 27 heavy (non-hydrogen) atoms. The van der Waals surface area contributed by atoms with Crippen LogP contribution in [0.15, 0.2) is 52.1 Å². The number of nitrogens with one attached hydrogen (secondary N) is 2. The summed E-state index contributed by atoms with van der Waals surface area (Å²) in [5, 5.41) is 6.31. The van der Waals surface area contributed by atoms with E-state index in [1.54, 1.807) is 6.07 Å². The predicted molar refractivity (Wildman–Crippen MR) is 109 cm³/mol. The van der Waals surface area contributed by atoms with Gasteiger partial charge in [-0.25, -0.2) is 18.4 Å². The highest BCUT2D eigenvalue weighted by Crippen LogP contribution is 2.23. The maximum absolute atomic E-state index is 12.3. The third kappa shape index (κ3) is 4.61. The van der Waals surface area contributed by atoms with Gasteiger partial charge in [-0.1, -0.05) is 15.9 Å². The Morgan fingerprint density at radius 3 is 2.63 bits per heavy atom. The highest BCUT2D eigenvalue weighted by Gasteiger charge is 2.12. The Balaban J connectivity index is 1.79. The number of halogens is 1. The summed E-state index contributed by atoms with van der Waals surface area (Å²) in [6.07, 6.45) is 2.50. The summed E-state index contributed by atoms with van der Waals surface area (Å²) in [5.74, 6) is 0.152. The SMILES string of the molecule is Cc1cc(Br)ccc1NC(=O)CNc1ncnc2ccc(S(C)(=O)=O)cc12. The van der Waals surface area contributed by atoms with Crippen LogP contribution in [-0.2, 0) is 14.6 Å². The molecule has 0 unspecified atom stereocenters. The van der Waals surface area contributed by atoms with Crippen LogP contribution in [0.25, 0.3) is 10.9 Å². The number of hydrogen-bond acceptors (Lipinski definition) is 6. The molecule has 3 rings (SSSR count). The number of carbonyl (C=O) groups is 1. The van der Waals surface area contributed by atoms with Crippen LogP contribution in [0.2, 0.25) is 0 Å². The van der Waals surface area contributed by atoms with Crippen molar-refractivity contribution in [2.75, 3.05) is 23.4 Å². The van der Waals surface area contributed by atoms with Gasteiger partial charge in [0, 0.05) is 21.8 Å². The van der Waals surface area contributed by atoms with Crippen LogP contribution in [-0.4, -0.2) is 37.1 Å². The second-order valence-corrected chi connectivity index (χ2v) is 8.97. The molecular formula is C18H17BrN4O3S. The molecule has 0 radical (unpaired) electrons. The Kier molecular flexibility index (Phi) is 5.43. The van der Waals surface area contributed by atoms with Crippen molar-refractivity contribution < 1.29 is 13.2 Å². The summed E-state index contributed by atoms with van der Waals surface area (Å²) in [5.41, 5.74) is 2.24. The molecule has 7 nitrogen and oxygen atoms in total. The zero-order chi connectivity index (χ0) is 19.6. The molecule has 2 N–H and O–H groups in total. The fourth-order valence-corrected chi connectivity index (χ4v) is 3.66. The van der Waals surface area contributed by atoms with E-state index in [1.807, 2.05) is 25.1 Å². The normalized spacial score (nSPS) is 11.4. The van der Waals surface area contributed by atoms with Crippen molar-refractivity contribution in [1.29, 1.82) is 0 Å². The number of amides is 1. The van der Waals surface area contributed by atoms with Gasteiger partial charge in [-0.05, 0) is 48.9 Å². The Labute approximate surface area is 165 Å². The first-order chi connectivity index (χ1) is 12.7. The third-order valence-corrected chi connectivity index (χ3v) is 5.52. The molecule has 3 aromatic rings. The second-order valence-electron chi connectivity index (χ2n) is 6.03. The summed E-state index contributed by atoms with van der Waals surface area (Å²) in [6, 6.07) is 10.2. The van der Waals surface area contributed by atoms with E-state index < -0.39 is 9.84 Å². The number of rotatable bonds is 5. The minimum Gasteiger partial charge on any atom is -0.360 e. The molecule has 0 fully saturated rings. The predicted octanol–water partition coefficient (Wildman–Crippen LogP) is 3.15. The Morgan fingerprint density at radius 2 is 1.93 bits per heavy atom. The number of sulfone groups is 1. The lowest BCUT2D eigenvalue weighted by molar-refractivity contribution is -0.114. The lowest BCUT2D eigenvalue weighted by Crippen LogP contribution is -2.22. The smallest absolute Gasteiger partial charge is 0.243 e. The van der Waals surface area contributed by atoms with Gasteiger partial charge in [0.2, 0.25) is 5.91 Å². The average Bonchev–Trinajstić information content (AvgIpc) is 2.61. The van der Waals surface area contributed by atoms with Crippen LogP contribution >= 0.6 is 15.9 Å². The molecule has 140 valence electrons. The minimum absolute atomic E-state index is 0.0231. The monoisotopic (exact) mass is 448 g/mol. The van der Waals surface area contributed by atoms with Crippen molar-refractivity contribution in [3.05, 3.63) is 52.8 Å². The summed E-state index contributed by atoms with van der Waals surface area (Å²) in [7, 11) is -3.36. The first-order valence-electron chi connectivity index (χ1n) is 7.99. The molecule has 2 aromatic carbocycles. The molecule has 9 heteroatoms. The van der Waals surface area contributed by atoms with Crippen LogP contribution in [0.3, 0.4) is 0 Å². The van der Waals surface area contributed by atoms with E-state index in [1.165, 1.54) is 18.5 Å². The van der Waals surface area contributed by atoms with Gasteiger partial charge in [-0.3, -0.25) is 4.79 Å². The summed E-state index contributed by atoms with van der Waals surface area (Å²) in [4.78, 5) is 20.7. The van der Waals surface area contributed by atoms with Crippen molar-refractivity contribution in [2.24, 2.45) is 0 Å². The van der Waals surface area contributed by atoms with Gasteiger partial charge in [-0.2, -0.15) is 0 Å². The standard InChI is InChI=1S/C18H17BrN4O3S/c1-11-7-12(19)3-5-15(11)23-17(24)9-20-18-14-8-13(27(2,25)26)4-6-16(14)21-10-22-18/h3-8,10H,9H2,1-2H3,(H,23,24)(H,20,21,22). The molecule has 0 saturated heterocycles. The average molecular weight is 449 g/mol. The second kappa shape index (κ2) is 7.61. The number of nitrogens with zero attached hydrogens (tertiary/aromatic N) is 2. The Bertz CT molecular complexity index is 1130. The summed E-state index contributed by atoms with van der Waals surface area (Å²) in [6.45, 7) is 1.88. The van der Waals surface area contributed by atoms with Crippen LogP contribution in [0.4, 0.5) is 11.5 Å². The highest BCUT2D eigenvalue weighted by atomic mass is 79.9.